The van der Waals surface area contributed by atoms with Crippen molar-refractivity contribution in [3.63, 3.8) is 0 Å². The van der Waals surface area contributed by atoms with Crippen molar-refractivity contribution in [2.45, 2.75) is 38.4 Å². The van der Waals surface area contributed by atoms with Crippen LogP contribution in [-0.2, 0) is 33.0 Å². The average Bonchev–Trinajstić information content (AvgIpc) is 3.32. The second-order valence-electron chi connectivity index (χ2n) is 7.80. The highest BCUT2D eigenvalue weighted by molar-refractivity contribution is 7.18. The summed E-state index contributed by atoms with van der Waals surface area (Å²) < 4.78 is 17.3. The van der Waals surface area contributed by atoms with E-state index >= 15 is 0 Å². The number of rotatable bonds is 5. The molecule has 0 saturated heterocycles. The Labute approximate surface area is 177 Å². The molecule has 8 heteroatoms. The topological polar surface area (TPSA) is 64.7 Å². The predicted molar refractivity (Wildman–Crippen MR) is 115 cm³/mol. The molecule has 1 atom stereocenters. The molecule has 6 nitrogen and oxygen atoms in total. The van der Waals surface area contributed by atoms with Crippen molar-refractivity contribution < 1.29 is 4.39 Å². The summed E-state index contributed by atoms with van der Waals surface area (Å²) in [7, 11) is 1.86. The molecular weight excluding hydrogens is 401 g/mol. The highest BCUT2D eigenvalue weighted by Crippen LogP contribution is 2.33. The third kappa shape index (κ3) is 3.57. The third-order valence-electron chi connectivity index (χ3n) is 5.69. The molecule has 0 spiro atoms. The van der Waals surface area contributed by atoms with E-state index in [0.717, 1.165) is 40.6 Å². The minimum absolute atomic E-state index is 0.0131. The third-order valence-corrected chi connectivity index (χ3v) is 6.85. The van der Waals surface area contributed by atoms with Gasteiger partial charge in [-0.1, -0.05) is 18.2 Å². The lowest BCUT2D eigenvalue weighted by atomic mass is 9.93. The minimum atomic E-state index is -0.179. The summed E-state index contributed by atoms with van der Waals surface area (Å²) in [6.07, 6.45) is 7.90. The zero-order chi connectivity index (χ0) is 20.7. The highest BCUT2D eigenvalue weighted by Gasteiger charge is 2.25. The van der Waals surface area contributed by atoms with Crippen LogP contribution in [0.4, 0.5) is 4.39 Å². The van der Waals surface area contributed by atoms with Crippen LogP contribution in [0.5, 0.6) is 0 Å². The Morgan fingerprint density at radius 1 is 1.33 bits per heavy atom. The number of hydrogen-bond acceptors (Lipinski definition) is 5. The molecule has 1 N–H and O–H groups in total. The Balaban J connectivity index is 1.37. The molecule has 0 fully saturated rings. The summed E-state index contributed by atoms with van der Waals surface area (Å²) in [6.45, 7) is 0.973. The van der Waals surface area contributed by atoms with E-state index in [2.05, 4.69) is 15.4 Å². The van der Waals surface area contributed by atoms with Crippen molar-refractivity contribution in [3.8, 4) is 0 Å². The molecular formula is C22H22FN5OS. The fourth-order valence-corrected chi connectivity index (χ4v) is 5.39. The molecule has 1 aliphatic rings. The number of nitrogens with zero attached hydrogens (tertiary/aromatic N) is 4. The van der Waals surface area contributed by atoms with Crippen LogP contribution in [0.25, 0.3) is 10.2 Å². The Kier molecular flexibility index (Phi) is 4.96. The summed E-state index contributed by atoms with van der Waals surface area (Å²) in [4.78, 5) is 19.7. The Hall–Kier alpha value is -2.84. The molecule has 1 unspecified atom stereocenters. The lowest BCUT2D eigenvalue weighted by Crippen LogP contribution is -2.34. The molecule has 4 aromatic rings. The van der Waals surface area contributed by atoms with Crippen LogP contribution in [0.3, 0.4) is 0 Å². The lowest BCUT2D eigenvalue weighted by molar-refractivity contribution is 0.456. The molecule has 3 heterocycles. The van der Waals surface area contributed by atoms with Crippen LogP contribution in [0.1, 0.15) is 28.0 Å². The molecule has 0 amide bonds. The Morgan fingerprint density at radius 3 is 3.00 bits per heavy atom. The van der Waals surface area contributed by atoms with Gasteiger partial charge in [-0.05, 0) is 30.9 Å². The number of hydrogen-bond donors (Lipinski definition) is 1. The summed E-state index contributed by atoms with van der Waals surface area (Å²) in [5.74, 6) is -0.179. The minimum Gasteiger partial charge on any atom is -0.309 e. The van der Waals surface area contributed by atoms with Crippen LogP contribution in [0.2, 0.25) is 0 Å². The van der Waals surface area contributed by atoms with Gasteiger partial charge in [-0.15, -0.1) is 11.3 Å². The zero-order valence-corrected chi connectivity index (χ0v) is 17.5. The number of thiophene rings is 1. The smallest absolute Gasteiger partial charge is 0.262 e. The van der Waals surface area contributed by atoms with Crippen LogP contribution >= 0.6 is 11.3 Å². The van der Waals surface area contributed by atoms with Gasteiger partial charge in [0, 0.05) is 41.8 Å². The van der Waals surface area contributed by atoms with Crippen molar-refractivity contribution in [1.29, 1.82) is 0 Å². The van der Waals surface area contributed by atoms with Crippen molar-refractivity contribution in [2.24, 2.45) is 7.05 Å². The van der Waals surface area contributed by atoms with E-state index in [1.165, 1.54) is 10.9 Å². The van der Waals surface area contributed by atoms with Gasteiger partial charge in [-0.2, -0.15) is 5.10 Å². The standard InChI is InChI=1S/C22H22FN5OS/c1-27-11-14(9-26-27)12-28-13-25-21-20(22(28)29)17-7-6-16(8-19(17)30-21)24-10-15-4-2-3-5-18(15)23/h2-5,9,11,13,16,24H,6-8,10,12H2,1H3. The van der Waals surface area contributed by atoms with Gasteiger partial charge in [0.25, 0.3) is 5.56 Å². The highest BCUT2D eigenvalue weighted by atomic mass is 32.1. The van der Waals surface area contributed by atoms with Gasteiger partial charge in [0.15, 0.2) is 0 Å². The predicted octanol–water partition coefficient (Wildman–Crippen LogP) is 3.03. The van der Waals surface area contributed by atoms with Gasteiger partial charge < -0.3 is 5.32 Å². The van der Waals surface area contributed by atoms with Gasteiger partial charge in [0.1, 0.15) is 10.6 Å². The second-order valence-corrected chi connectivity index (χ2v) is 8.88. The Bertz CT molecular complexity index is 1270. The van der Waals surface area contributed by atoms with E-state index in [-0.39, 0.29) is 17.4 Å². The number of halogens is 1. The number of benzene rings is 1. The first-order valence-corrected chi connectivity index (χ1v) is 10.8. The van der Waals surface area contributed by atoms with Gasteiger partial charge >= 0.3 is 0 Å². The van der Waals surface area contributed by atoms with E-state index in [0.29, 0.717) is 18.7 Å². The first kappa shape index (κ1) is 19.1. The molecule has 1 aromatic carbocycles. The molecule has 0 bridgehead atoms. The quantitative estimate of drug-likeness (QED) is 0.536. The largest absolute Gasteiger partial charge is 0.309 e. The Morgan fingerprint density at radius 2 is 2.20 bits per heavy atom. The average molecular weight is 424 g/mol. The number of fused-ring (bicyclic) bond motifs is 3. The van der Waals surface area contributed by atoms with E-state index in [4.69, 9.17) is 0 Å². The fraction of sp³-hybridized carbons (Fsp3) is 0.318. The van der Waals surface area contributed by atoms with Crippen LogP contribution < -0.4 is 10.9 Å². The molecule has 30 heavy (non-hydrogen) atoms. The first-order chi connectivity index (χ1) is 14.6. The molecule has 5 rings (SSSR count). The molecule has 3 aromatic heterocycles. The molecule has 154 valence electrons. The SMILES string of the molecule is Cn1cc(Cn2cnc3sc4c(c3c2=O)CCC(NCc2ccccc2F)C4)cn1. The molecule has 1 aliphatic carbocycles. The number of nitrogens with one attached hydrogen (secondary N) is 1. The van der Waals surface area contributed by atoms with Crippen LogP contribution in [-0.4, -0.2) is 25.4 Å². The van der Waals surface area contributed by atoms with Crippen molar-refractivity contribution in [2.75, 3.05) is 0 Å². The van der Waals surface area contributed by atoms with Gasteiger partial charge in [0.2, 0.25) is 0 Å². The zero-order valence-electron chi connectivity index (χ0n) is 16.6. The maximum absolute atomic E-state index is 13.9. The number of aryl methyl sites for hydroxylation is 2. The van der Waals surface area contributed by atoms with Crippen LogP contribution in [0.15, 0.2) is 47.8 Å². The molecule has 0 saturated carbocycles. The van der Waals surface area contributed by atoms with Crippen molar-refractivity contribution in [3.05, 3.63) is 80.7 Å². The lowest BCUT2D eigenvalue weighted by Gasteiger charge is -2.23. The second kappa shape index (κ2) is 7.77. The first-order valence-electron chi connectivity index (χ1n) is 10.0. The van der Waals surface area contributed by atoms with Crippen LogP contribution in [0, 0.1) is 5.82 Å². The van der Waals surface area contributed by atoms with Gasteiger partial charge in [-0.3, -0.25) is 14.0 Å². The van der Waals surface area contributed by atoms with E-state index in [9.17, 15) is 9.18 Å². The van der Waals surface area contributed by atoms with E-state index in [1.807, 2.05) is 25.4 Å². The fourth-order valence-electron chi connectivity index (χ4n) is 4.13. The normalized spacial score (nSPS) is 16.1. The summed E-state index contributed by atoms with van der Waals surface area (Å²) >= 11 is 1.61. The van der Waals surface area contributed by atoms with Crippen molar-refractivity contribution in [1.82, 2.24) is 24.6 Å². The monoisotopic (exact) mass is 423 g/mol. The summed E-state index contributed by atoms with van der Waals surface area (Å²) in [6, 6.07) is 7.13. The van der Waals surface area contributed by atoms with E-state index < -0.39 is 0 Å². The maximum atomic E-state index is 13.9. The van der Waals surface area contributed by atoms with Gasteiger partial charge in [-0.25, -0.2) is 9.37 Å². The maximum Gasteiger partial charge on any atom is 0.262 e. The molecule has 0 aliphatic heterocycles. The summed E-state index contributed by atoms with van der Waals surface area (Å²) in [5, 5.41) is 8.41. The number of aromatic nitrogens is 4. The van der Waals surface area contributed by atoms with Gasteiger partial charge in [0.05, 0.1) is 24.5 Å². The van der Waals surface area contributed by atoms with Crippen molar-refractivity contribution >= 4 is 21.6 Å². The molecule has 0 radical (unpaired) electrons. The summed E-state index contributed by atoms with van der Waals surface area (Å²) in [5.41, 5.74) is 2.80. The van der Waals surface area contributed by atoms with E-state index in [1.54, 1.807) is 39.2 Å².